The van der Waals surface area contributed by atoms with Gasteiger partial charge in [0.15, 0.2) is 0 Å². The van der Waals surface area contributed by atoms with Gasteiger partial charge in [-0.3, -0.25) is 4.31 Å². The highest BCUT2D eigenvalue weighted by molar-refractivity contribution is 7.92. The van der Waals surface area contributed by atoms with Gasteiger partial charge in [0.25, 0.3) is 0 Å². The molecule has 3 rings (SSSR count). The van der Waals surface area contributed by atoms with E-state index in [1.54, 1.807) is 24.3 Å². The zero-order valence-electron chi connectivity index (χ0n) is 13.6. The molecule has 1 aliphatic heterocycles. The van der Waals surface area contributed by atoms with Crippen LogP contribution in [0.5, 0.6) is 5.75 Å². The molecule has 8 nitrogen and oxygen atoms in total. The third kappa shape index (κ3) is 3.16. The van der Waals surface area contributed by atoms with E-state index in [1.165, 1.54) is 10.6 Å². The van der Waals surface area contributed by atoms with Crippen LogP contribution in [0.3, 0.4) is 0 Å². The molecule has 2 heterocycles. The standard InChI is InChI=1S/C15H19N3O5S/c1-15(2,13-16-17-14(19)23-13)8-10-9-18(24(3,20)21)11-6-4-5-7-12(11)22-10/h4-7,10H,8-9H2,1-3H3,(H,17,19)/t10-/m0/s1. The summed E-state index contributed by atoms with van der Waals surface area (Å²) in [6, 6.07) is 7.01. The second-order valence-electron chi connectivity index (χ2n) is 6.51. The van der Waals surface area contributed by atoms with Crippen molar-refractivity contribution in [3.63, 3.8) is 0 Å². The Kier molecular flexibility index (Phi) is 3.90. The van der Waals surface area contributed by atoms with Crippen LogP contribution in [0.15, 0.2) is 33.5 Å². The Balaban J connectivity index is 1.90. The van der Waals surface area contributed by atoms with Crippen LogP contribution < -0.4 is 14.8 Å². The molecular weight excluding hydrogens is 334 g/mol. The number of para-hydroxylation sites is 2. The molecule has 0 spiro atoms. The van der Waals surface area contributed by atoms with E-state index in [9.17, 15) is 13.2 Å². The Morgan fingerprint density at radius 1 is 1.38 bits per heavy atom. The highest BCUT2D eigenvalue weighted by Crippen LogP contribution is 2.37. The number of aromatic nitrogens is 2. The average Bonchev–Trinajstić information content (AvgIpc) is 2.92. The topological polar surface area (TPSA) is 105 Å². The summed E-state index contributed by atoms with van der Waals surface area (Å²) in [5.74, 6) is 0.157. The highest BCUT2D eigenvalue weighted by Gasteiger charge is 2.37. The molecule has 0 radical (unpaired) electrons. The number of anilines is 1. The third-order valence-corrected chi connectivity index (χ3v) is 5.10. The minimum atomic E-state index is -3.43. The van der Waals surface area contributed by atoms with E-state index >= 15 is 0 Å². The molecule has 0 bridgehead atoms. The number of aromatic amines is 1. The molecule has 1 aromatic heterocycles. The Hall–Kier alpha value is -2.29. The molecule has 1 aromatic carbocycles. The Morgan fingerprint density at radius 3 is 2.71 bits per heavy atom. The van der Waals surface area contributed by atoms with Gasteiger partial charge in [0.05, 0.1) is 18.5 Å². The van der Waals surface area contributed by atoms with Gasteiger partial charge >= 0.3 is 5.76 Å². The number of hydrogen-bond donors (Lipinski definition) is 1. The second-order valence-corrected chi connectivity index (χ2v) is 8.41. The lowest BCUT2D eigenvalue weighted by molar-refractivity contribution is 0.152. The number of H-pyrrole nitrogens is 1. The molecule has 9 heteroatoms. The number of rotatable bonds is 4. The van der Waals surface area contributed by atoms with Gasteiger partial charge in [-0.2, -0.15) is 0 Å². The first-order valence-electron chi connectivity index (χ1n) is 7.46. The summed E-state index contributed by atoms with van der Waals surface area (Å²) >= 11 is 0. The predicted molar refractivity (Wildman–Crippen MR) is 87.8 cm³/mol. The summed E-state index contributed by atoms with van der Waals surface area (Å²) in [4.78, 5) is 11.2. The lowest BCUT2D eigenvalue weighted by Crippen LogP contribution is -2.45. The second kappa shape index (κ2) is 5.66. The number of nitrogens with zero attached hydrogens (tertiary/aromatic N) is 2. The van der Waals surface area contributed by atoms with Crippen molar-refractivity contribution in [1.82, 2.24) is 10.2 Å². The number of fused-ring (bicyclic) bond motifs is 1. The first-order chi connectivity index (χ1) is 11.2. The summed E-state index contributed by atoms with van der Waals surface area (Å²) in [5, 5.41) is 6.11. The van der Waals surface area contributed by atoms with Crippen LogP contribution in [0, 0.1) is 0 Å². The van der Waals surface area contributed by atoms with Crippen LogP contribution in [-0.2, 0) is 15.4 Å². The molecule has 0 fully saturated rings. The van der Waals surface area contributed by atoms with Crippen molar-refractivity contribution in [2.75, 3.05) is 17.1 Å². The van der Waals surface area contributed by atoms with Crippen LogP contribution in [0.4, 0.5) is 5.69 Å². The molecule has 1 aliphatic rings. The van der Waals surface area contributed by atoms with Gasteiger partial charge in [-0.25, -0.2) is 18.3 Å². The fraction of sp³-hybridized carbons (Fsp3) is 0.467. The molecular formula is C15H19N3O5S. The highest BCUT2D eigenvalue weighted by atomic mass is 32.2. The first-order valence-corrected chi connectivity index (χ1v) is 9.31. The normalized spacial score (nSPS) is 18.1. The van der Waals surface area contributed by atoms with Crippen LogP contribution in [-0.4, -0.2) is 37.5 Å². The van der Waals surface area contributed by atoms with E-state index in [0.29, 0.717) is 17.9 Å². The fourth-order valence-electron chi connectivity index (χ4n) is 2.86. The van der Waals surface area contributed by atoms with Gasteiger partial charge in [-0.05, 0) is 18.6 Å². The first kappa shape index (κ1) is 16.6. The van der Waals surface area contributed by atoms with Crippen molar-refractivity contribution >= 4 is 15.7 Å². The Morgan fingerprint density at radius 2 is 2.08 bits per heavy atom. The maximum absolute atomic E-state index is 12.1. The lowest BCUT2D eigenvalue weighted by atomic mass is 9.86. The summed E-state index contributed by atoms with van der Waals surface area (Å²) in [6.07, 6.45) is 1.21. The Bertz CT molecular complexity index is 900. The molecule has 0 amide bonds. The molecule has 0 saturated heterocycles. The van der Waals surface area contributed by atoms with E-state index in [1.807, 2.05) is 13.8 Å². The molecule has 2 aromatic rings. The van der Waals surface area contributed by atoms with Gasteiger partial charge < -0.3 is 9.15 Å². The summed E-state index contributed by atoms with van der Waals surface area (Å²) in [7, 11) is -3.43. The van der Waals surface area contributed by atoms with Crippen molar-refractivity contribution < 1.29 is 17.6 Å². The number of hydrogen-bond acceptors (Lipinski definition) is 6. The molecule has 0 unspecified atom stereocenters. The Labute approximate surface area is 139 Å². The van der Waals surface area contributed by atoms with Gasteiger partial charge in [-0.15, -0.1) is 5.10 Å². The molecule has 1 atom stereocenters. The number of sulfonamides is 1. The van der Waals surface area contributed by atoms with Crippen LogP contribution in [0.25, 0.3) is 0 Å². The maximum atomic E-state index is 12.1. The van der Waals surface area contributed by atoms with Crippen molar-refractivity contribution in [2.24, 2.45) is 0 Å². The molecule has 0 saturated carbocycles. The van der Waals surface area contributed by atoms with E-state index in [0.717, 1.165) is 0 Å². The van der Waals surface area contributed by atoms with E-state index in [2.05, 4.69) is 10.2 Å². The van der Waals surface area contributed by atoms with Crippen LogP contribution >= 0.6 is 0 Å². The zero-order valence-corrected chi connectivity index (χ0v) is 14.5. The molecule has 130 valence electrons. The average molecular weight is 353 g/mol. The lowest BCUT2D eigenvalue weighted by Gasteiger charge is -2.37. The third-order valence-electron chi connectivity index (χ3n) is 3.95. The number of nitrogens with one attached hydrogen (secondary N) is 1. The predicted octanol–water partition coefficient (Wildman–Crippen LogP) is 1.26. The number of benzene rings is 1. The quantitative estimate of drug-likeness (QED) is 0.887. The monoisotopic (exact) mass is 353 g/mol. The molecule has 0 aliphatic carbocycles. The van der Waals surface area contributed by atoms with Crippen molar-refractivity contribution in [3.8, 4) is 5.75 Å². The summed E-state index contributed by atoms with van der Waals surface area (Å²) in [5.41, 5.74) is -0.0698. The van der Waals surface area contributed by atoms with E-state index in [4.69, 9.17) is 9.15 Å². The minimum Gasteiger partial charge on any atom is -0.486 e. The largest absolute Gasteiger partial charge is 0.486 e. The molecule has 24 heavy (non-hydrogen) atoms. The maximum Gasteiger partial charge on any atom is 0.434 e. The summed E-state index contributed by atoms with van der Waals surface area (Å²) < 4.78 is 36.6. The van der Waals surface area contributed by atoms with Crippen LogP contribution in [0.2, 0.25) is 0 Å². The van der Waals surface area contributed by atoms with Gasteiger partial charge in [0.1, 0.15) is 11.9 Å². The van der Waals surface area contributed by atoms with Gasteiger partial charge in [0, 0.05) is 5.41 Å². The van der Waals surface area contributed by atoms with E-state index < -0.39 is 27.3 Å². The fourth-order valence-corrected chi connectivity index (χ4v) is 3.80. The number of ether oxygens (including phenoxy) is 1. The van der Waals surface area contributed by atoms with Gasteiger partial charge in [-0.1, -0.05) is 26.0 Å². The SMILES string of the molecule is CC(C)(C[C@H]1CN(S(C)(=O)=O)c2ccccc2O1)c1n[nH]c(=O)o1. The summed E-state index contributed by atoms with van der Waals surface area (Å²) in [6.45, 7) is 3.91. The van der Waals surface area contributed by atoms with Crippen molar-refractivity contribution in [3.05, 3.63) is 40.7 Å². The molecule has 1 N–H and O–H groups in total. The van der Waals surface area contributed by atoms with Crippen LogP contribution in [0.1, 0.15) is 26.2 Å². The van der Waals surface area contributed by atoms with Gasteiger partial charge in [0.2, 0.25) is 15.9 Å². The van der Waals surface area contributed by atoms with Crippen molar-refractivity contribution in [1.29, 1.82) is 0 Å². The smallest absolute Gasteiger partial charge is 0.434 e. The van der Waals surface area contributed by atoms with Crippen molar-refractivity contribution in [2.45, 2.75) is 31.8 Å². The van der Waals surface area contributed by atoms with E-state index in [-0.39, 0.29) is 12.4 Å². The zero-order chi connectivity index (χ0) is 17.5. The minimum absolute atomic E-state index is 0.188.